The molecule has 386 valence electrons. The van der Waals surface area contributed by atoms with Crippen molar-refractivity contribution in [2.45, 2.75) is 316 Å². The number of hydrogen-bond acceptors (Lipinski definition) is 6. The molecule has 0 aromatic heterocycles. The van der Waals surface area contributed by atoms with E-state index in [0.29, 0.717) is 19.3 Å². The molecule has 0 amide bonds. The topological polar surface area (TPSA) is 78.9 Å². The molecule has 0 fully saturated rings. The first-order chi connectivity index (χ1) is 32.5. The Morgan fingerprint density at radius 3 is 0.894 bits per heavy atom. The first kappa shape index (κ1) is 63.6. The molecular weight excluding hydrogens is 817 g/mol. The SMILES string of the molecule is CCCCC/C=C\C=C/CCCCCCCCCCCCC(=O)OCC(COC(=O)CCCCC/C=C\CCCCCCCC)OC(=O)CCCCCCCCCCCCCCCCCC. The number of unbranched alkanes of at least 4 members (excludes halogenated alkanes) is 37. The second-order valence-electron chi connectivity index (χ2n) is 19.6. The van der Waals surface area contributed by atoms with Crippen LogP contribution >= 0.6 is 0 Å². The summed E-state index contributed by atoms with van der Waals surface area (Å²) in [6.07, 6.45) is 65.6. The largest absolute Gasteiger partial charge is 0.462 e. The van der Waals surface area contributed by atoms with Gasteiger partial charge in [-0.05, 0) is 70.6 Å². The lowest BCUT2D eigenvalue weighted by atomic mass is 10.0. The fourth-order valence-corrected chi connectivity index (χ4v) is 8.49. The highest BCUT2D eigenvalue weighted by molar-refractivity contribution is 5.71. The second kappa shape index (κ2) is 55.2. The molecule has 0 heterocycles. The van der Waals surface area contributed by atoms with Gasteiger partial charge in [0.2, 0.25) is 0 Å². The molecule has 0 aliphatic rings. The van der Waals surface area contributed by atoms with Crippen LogP contribution in [0.25, 0.3) is 0 Å². The molecule has 0 rings (SSSR count). The van der Waals surface area contributed by atoms with Crippen LogP contribution in [0.4, 0.5) is 0 Å². The van der Waals surface area contributed by atoms with Gasteiger partial charge < -0.3 is 14.2 Å². The molecule has 1 atom stereocenters. The van der Waals surface area contributed by atoms with Gasteiger partial charge in [-0.2, -0.15) is 0 Å². The molecule has 0 bridgehead atoms. The van der Waals surface area contributed by atoms with E-state index < -0.39 is 6.10 Å². The smallest absolute Gasteiger partial charge is 0.306 e. The van der Waals surface area contributed by atoms with Crippen LogP contribution in [0.5, 0.6) is 0 Å². The van der Waals surface area contributed by atoms with Gasteiger partial charge in [0, 0.05) is 19.3 Å². The van der Waals surface area contributed by atoms with Gasteiger partial charge >= 0.3 is 17.9 Å². The van der Waals surface area contributed by atoms with E-state index in [2.05, 4.69) is 57.2 Å². The Morgan fingerprint density at radius 2 is 0.545 bits per heavy atom. The lowest BCUT2D eigenvalue weighted by Crippen LogP contribution is -2.30. The molecule has 0 aliphatic heterocycles. The molecule has 0 saturated heterocycles. The van der Waals surface area contributed by atoms with E-state index in [-0.39, 0.29) is 31.1 Å². The van der Waals surface area contributed by atoms with Gasteiger partial charge in [-0.3, -0.25) is 14.4 Å². The van der Waals surface area contributed by atoms with Crippen LogP contribution < -0.4 is 0 Å². The van der Waals surface area contributed by atoms with Crippen molar-refractivity contribution in [2.75, 3.05) is 13.2 Å². The molecular formula is C60H110O6. The molecule has 0 radical (unpaired) electrons. The van der Waals surface area contributed by atoms with Gasteiger partial charge in [0.25, 0.3) is 0 Å². The van der Waals surface area contributed by atoms with Crippen molar-refractivity contribution >= 4 is 17.9 Å². The summed E-state index contributed by atoms with van der Waals surface area (Å²) in [4.78, 5) is 38.1. The van der Waals surface area contributed by atoms with E-state index in [9.17, 15) is 14.4 Å². The predicted octanol–water partition coefficient (Wildman–Crippen LogP) is 19.3. The Bertz CT molecular complexity index is 1110. The lowest BCUT2D eigenvalue weighted by Gasteiger charge is -2.18. The van der Waals surface area contributed by atoms with E-state index in [4.69, 9.17) is 14.2 Å². The Hall–Kier alpha value is -2.37. The zero-order valence-corrected chi connectivity index (χ0v) is 44.2. The third kappa shape index (κ3) is 52.6. The summed E-state index contributed by atoms with van der Waals surface area (Å²) in [6, 6.07) is 0. The van der Waals surface area contributed by atoms with Crippen LogP contribution in [0.15, 0.2) is 36.5 Å². The maximum atomic E-state index is 12.8. The number of esters is 3. The zero-order valence-electron chi connectivity index (χ0n) is 44.2. The molecule has 0 aromatic carbocycles. The standard InChI is InChI=1S/C60H110O6/c1-4-7-10-13-16-19-22-25-27-29-30-31-33-35-38-41-44-47-50-53-59(62)65-56-57(55-64-58(61)52-49-46-43-40-37-34-24-21-18-15-12-9-6-3)66-60(63)54-51-48-45-42-39-36-32-28-26-23-20-17-14-11-8-5-2/h16,19,22,25,34,37,57H,4-15,17-18,20-21,23-24,26-33,35-36,38-56H2,1-3H3/b19-16-,25-22-,37-34-. The summed E-state index contributed by atoms with van der Waals surface area (Å²) in [5.74, 6) is -0.877. The minimum Gasteiger partial charge on any atom is -0.462 e. The van der Waals surface area contributed by atoms with Crippen molar-refractivity contribution in [3.05, 3.63) is 36.5 Å². The van der Waals surface area contributed by atoms with Gasteiger partial charge in [0.05, 0.1) is 0 Å². The predicted molar refractivity (Wildman–Crippen MR) is 284 cm³/mol. The molecule has 6 heteroatoms. The van der Waals surface area contributed by atoms with Crippen molar-refractivity contribution in [2.24, 2.45) is 0 Å². The molecule has 66 heavy (non-hydrogen) atoms. The Kier molecular flexibility index (Phi) is 53.2. The van der Waals surface area contributed by atoms with E-state index in [1.165, 1.54) is 199 Å². The summed E-state index contributed by atoms with van der Waals surface area (Å²) < 4.78 is 16.9. The fourth-order valence-electron chi connectivity index (χ4n) is 8.49. The number of ether oxygens (including phenoxy) is 3. The third-order valence-electron chi connectivity index (χ3n) is 12.9. The lowest BCUT2D eigenvalue weighted by molar-refractivity contribution is -0.167. The van der Waals surface area contributed by atoms with E-state index in [1.807, 2.05) is 0 Å². The van der Waals surface area contributed by atoms with Crippen LogP contribution in [-0.2, 0) is 28.6 Å². The van der Waals surface area contributed by atoms with Gasteiger partial charge in [-0.25, -0.2) is 0 Å². The quantitative estimate of drug-likeness (QED) is 0.0199. The Labute approximate surface area is 410 Å². The Balaban J connectivity index is 4.33. The van der Waals surface area contributed by atoms with Crippen molar-refractivity contribution < 1.29 is 28.6 Å². The highest BCUT2D eigenvalue weighted by Crippen LogP contribution is 2.16. The van der Waals surface area contributed by atoms with Crippen LogP contribution in [-0.4, -0.2) is 37.2 Å². The number of carbonyl (C=O) groups excluding carboxylic acids is 3. The first-order valence-electron chi connectivity index (χ1n) is 29.0. The van der Waals surface area contributed by atoms with Gasteiger partial charge in [-0.15, -0.1) is 0 Å². The number of hydrogen-bond donors (Lipinski definition) is 0. The van der Waals surface area contributed by atoms with E-state index >= 15 is 0 Å². The van der Waals surface area contributed by atoms with Crippen molar-refractivity contribution in [3.63, 3.8) is 0 Å². The average molecular weight is 928 g/mol. The van der Waals surface area contributed by atoms with Crippen LogP contribution in [0.1, 0.15) is 310 Å². The molecule has 1 unspecified atom stereocenters. The zero-order chi connectivity index (χ0) is 47.9. The summed E-state index contributed by atoms with van der Waals surface area (Å²) in [6.45, 7) is 6.63. The minimum atomic E-state index is -0.776. The normalized spacial score (nSPS) is 12.2. The fraction of sp³-hybridized carbons (Fsp3) is 0.850. The first-order valence-corrected chi connectivity index (χ1v) is 29.0. The number of allylic oxidation sites excluding steroid dienone is 6. The van der Waals surface area contributed by atoms with Gasteiger partial charge in [0.15, 0.2) is 6.10 Å². The number of carbonyl (C=O) groups is 3. The molecule has 0 saturated carbocycles. The minimum absolute atomic E-state index is 0.0751. The third-order valence-corrected chi connectivity index (χ3v) is 12.9. The molecule has 0 aromatic rings. The summed E-state index contributed by atoms with van der Waals surface area (Å²) in [7, 11) is 0. The summed E-state index contributed by atoms with van der Waals surface area (Å²) in [5, 5.41) is 0. The van der Waals surface area contributed by atoms with Crippen LogP contribution in [0.2, 0.25) is 0 Å². The van der Waals surface area contributed by atoms with Crippen molar-refractivity contribution in [1.82, 2.24) is 0 Å². The summed E-state index contributed by atoms with van der Waals surface area (Å²) in [5.41, 5.74) is 0. The van der Waals surface area contributed by atoms with Crippen LogP contribution in [0, 0.1) is 0 Å². The van der Waals surface area contributed by atoms with E-state index in [1.54, 1.807) is 0 Å². The highest BCUT2D eigenvalue weighted by atomic mass is 16.6. The monoisotopic (exact) mass is 927 g/mol. The average Bonchev–Trinajstić information content (AvgIpc) is 3.31. The number of rotatable bonds is 53. The summed E-state index contributed by atoms with van der Waals surface area (Å²) >= 11 is 0. The molecule has 0 aliphatic carbocycles. The van der Waals surface area contributed by atoms with Gasteiger partial charge in [0.1, 0.15) is 13.2 Å². The maximum Gasteiger partial charge on any atom is 0.306 e. The van der Waals surface area contributed by atoms with Crippen molar-refractivity contribution in [1.29, 1.82) is 0 Å². The molecule has 0 spiro atoms. The maximum absolute atomic E-state index is 12.8. The second-order valence-corrected chi connectivity index (χ2v) is 19.6. The van der Waals surface area contributed by atoms with Gasteiger partial charge in [-0.1, -0.05) is 256 Å². The van der Waals surface area contributed by atoms with Crippen LogP contribution in [0.3, 0.4) is 0 Å². The van der Waals surface area contributed by atoms with Crippen molar-refractivity contribution in [3.8, 4) is 0 Å². The Morgan fingerprint density at radius 1 is 0.303 bits per heavy atom. The van der Waals surface area contributed by atoms with E-state index in [0.717, 1.165) is 70.6 Å². The molecule has 6 nitrogen and oxygen atoms in total. The molecule has 0 N–H and O–H groups in total. The highest BCUT2D eigenvalue weighted by Gasteiger charge is 2.19.